The second-order valence-corrected chi connectivity index (χ2v) is 5.13. The normalized spacial score (nSPS) is 16.2. The van der Waals surface area contributed by atoms with Crippen molar-refractivity contribution in [2.45, 2.75) is 32.1 Å². The van der Waals surface area contributed by atoms with Crippen LogP contribution in [-0.4, -0.2) is 19.6 Å². The van der Waals surface area contributed by atoms with E-state index in [1.54, 1.807) is 0 Å². The Hall–Kier alpha value is -0.730. The van der Waals surface area contributed by atoms with Crippen LogP contribution in [0.15, 0.2) is 18.2 Å². The van der Waals surface area contributed by atoms with Crippen molar-refractivity contribution in [2.75, 3.05) is 24.5 Å². The zero-order valence-corrected chi connectivity index (χ0v) is 11.0. The van der Waals surface area contributed by atoms with Crippen LogP contribution in [0.25, 0.3) is 0 Å². The number of benzene rings is 1. The van der Waals surface area contributed by atoms with Gasteiger partial charge in [0.1, 0.15) is 0 Å². The van der Waals surface area contributed by atoms with Gasteiger partial charge >= 0.3 is 0 Å². The van der Waals surface area contributed by atoms with Gasteiger partial charge in [0.2, 0.25) is 0 Å². The molecule has 1 aromatic rings. The zero-order chi connectivity index (χ0) is 12.1. The Morgan fingerprint density at radius 3 is 2.59 bits per heavy atom. The van der Waals surface area contributed by atoms with Gasteiger partial charge < -0.3 is 10.6 Å². The van der Waals surface area contributed by atoms with Crippen LogP contribution in [0.2, 0.25) is 5.02 Å². The molecule has 1 aliphatic rings. The molecule has 1 aliphatic heterocycles. The standard InChI is InChI=1S/C14H21ClN2/c15-13-11-12(5-4-8-16)6-7-14(13)17-9-2-1-3-10-17/h6-7,11H,1-5,8-10,16H2. The number of nitrogens with zero attached hydrogens (tertiary/aromatic N) is 1. The molecule has 0 aromatic heterocycles. The molecule has 0 atom stereocenters. The zero-order valence-electron chi connectivity index (χ0n) is 10.3. The Balaban J connectivity index is 2.07. The summed E-state index contributed by atoms with van der Waals surface area (Å²) in [5, 5.41) is 0.890. The van der Waals surface area contributed by atoms with Crippen molar-refractivity contribution in [1.82, 2.24) is 0 Å². The number of halogens is 1. The molecule has 2 N–H and O–H groups in total. The Bertz CT molecular complexity index is 359. The maximum absolute atomic E-state index is 6.37. The number of aryl methyl sites for hydroxylation is 1. The van der Waals surface area contributed by atoms with Crippen molar-refractivity contribution in [3.05, 3.63) is 28.8 Å². The highest BCUT2D eigenvalue weighted by Crippen LogP contribution is 2.29. The molecule has 1 aromatic carbocycles. The number of nitrogens with two attached hydrogens (primary N) is 1. The van der Waals surface area contributed by atoms with Crippen molar-refractivity contribution in [3.8, 4) is 0 Å². The van der Waals surface area contributed by atoms with E-state index in [2.05, 4.69) is 23.1 Å². The summed E-state index contributed by atoms with van der Waals surface area (Å²) in [7, 11) is 0. The van der Waals surface area contributed by atoms with E-state index in [1.165, 1.54) is 30.5 Å². The smallest absolute Gasteiger partial charge is 0.0642 e. The third-order valence-electron chi connectivity index (χ3n) is 3.38. The van der Waals surface area contributed by atoms with Crippen molar-refractivity contribution < 1.29 is 0 Å². The van der Waals surface area contributed by atoms with Crippen LogP contribution in [0, 0.1) is 0 Å². The lowest BCUT2D eigenvalue weighted by Gasteiger charge is -2.29. The molecule has 0 amide bonds. The fourth-order valence-corrected chi connectivity index (χ4v) is 2.73. The molecule has 1 fully saturated rings. The molecule has 94 valence electrons. The van der Waals surface area contributed by atoms with Crippen LogP contribution in [0.4, 0.5) is 5.69 Å². The first-order valence-corrected chi connectivity index (χ1v) is 6.92. The highest BCUT2D eigenvalue weighted by atomic mass is 35.5. The summed E-state index contributed by atoms with van der Waals surface area (Å²) in [6, 6.07) is 6.45. The predicted molar refractivity (Wildman–Crippen MR) is 74.9 cm³/mol. The first-order chi connectivity index (χ1) is 8.31. The van der Waals surface area contributed by atoms with E-state index in [-0.39, 0.29) is 0 Å². The molecule has 0 saturated carbocycles. The van der Waals surface area contributed by atoms with Crippen LogP contribution in [0.1, 0.15) is 31.2 Å². The van der Waals surface area contributed by atoms with E-state index < -0.39 is 0 Å². The van der Waals surface area contributed by atoms with Gasteiger partial charge in [0.15, 0.2) is 0 Å². The minimum atomic E-state index is 0.742. The molecular weight excluding hydrogens is 232 g/mol. The van der Waals surface area contributed by atoms with Crippen molar-refractivity contribution in [1.29, 1.82) is 0 Å². The van der Waals surface area contributed by atoms with E-state index in [0.29, 0.717) is 0 Å². The van der Waals surface area contributed by atoms with E-state index in [9.17, 15) is 0 Å². The van der Waals surface area contributed by atoms with Gasteiger partial charge in [-0.05, 0) is 56.3 Å². The Morgan fingerprint density at radius 2 is 1.94 bits per heavy atom. The highest BCUT2D eigenvalue weighted by molar-refractivity contribution is 6.33. The first kappa shape index (κ1) is 12.7. The molecule has 0 unspecified atom stereocenters. The van der Waals surface area contributed by atoms with Gasteiger partial charge in [-0.25, -0.2) is 0 Å². The van der Waals surface area contributed by atoms with Gasteiger partial charge in [0, 0.05) is 13.1 Å². The fourth-order valence-electron chi connectivity index (χ4n) is 2.40. The summed E-state index contributed by atoms with van der Waals surface area (Å²) < 4.78 is 0. The number of hydrogen-bond donors (Lipinski definition) is 1. The third-order valence-corrected chi connectivity index (χ3v) is 3.68. The van der Waals surface area contributed by atoms with Gasteiger partial charge in [-0.1, -0.05) is 17.7 Å². The second kappa shape index (κ2) is 6.27. The molecule has 2 rings (SSSR count). The summed E-state index contributed by atoms with van der Waals surface area (Å²) in [4.78, 5) is 2.40. The minimum Gasteiger partial charge on any atom is -0.370 e. The molecule has 0 radical (unpaired) electrons. The lowest BCUT2D eigenvalue weighted by Crippen LogP contribution is -2.29. The van der Waals surface area contributed by atoms with Gasteiger partial charge in [0.25, 0.3) is 0 Å². The molecule has 1 saturated heterocycles. The van der Waals surface area contributed by atoms with E-state index in [1.807, 2.05) is 0 Å². The SMILES string of the molecule is NCCCc1ccc(N2CCCCC2)c(Cl)c1. The third kappa shape index (κ3) is 3.36. The molecule has 0 aliphatic carbocycles. The number of hydrogen-bond acceptors (Lipinski definition) is 2. The van der Waals surface area contributed by atoms with E-state index in [4.69, 9.17) is 17.3 Å². The van der Waals surface area contributed by atoms with Crippen LogP contribution >= 0.6 is 11.6 Å². The number of piperidine rings is 1. The molecule has 1 heterocycles. The largest absolute Gasteiger partial charge is 0.370 e. The average molecular weight is 253 g/mol. The van der Waals surface area contributed by atoms with Gasteiger partial charge in [-0.3, -0.25) is 0 Å². The van der Waals surface area contributed by atoms with Crippen molar-refractivity contribution in [2.24, 2.45) is 5.73 Å². The summed E-state index contributed by atoms with van der Waals surface area (Å²) in [6.45, 7) is 3.02. The second-order valence-electron chi connectivity index (χ2n) is 4.73. The Morgan fingerprint density at radius 1 is 1.18 bits per heavy atom. The van der Waals surface area contributed by atoms with Crippen LogP contribution < -0.4 is 10.6 Å². The number of anilines is 1. The summed E-state index contributed by atoms with van der Waals surface area (Å²) in [5.41, 5.74) is 8.01. The summed E-state index contributed by atoms with van der Waals surface area (Å²) in [5.74, 6) is 0. The van der Waals surface area contributed by atoms with Gasteiger partial charge in [-0.2, -0.15) is 0 Å². The minimum absolute atomic E-state index is 0.742. The fraction of sp³-hybridized carbons (Fsp3) is 0.571. The maximum atomic E-state index is 6.37. The van der Waals surface area contributed by atoms with Crippen LogP contribution in [0.3, 0.4) is 0 Å². The summed E-state index contributed by atoms with van der Waals surface area (Å²) >= 11 is 6.37. The topological polar surface area (TPSA) is 29.3 Å². The lowest BCUT2D eigenvalue weighted by molar-refractivity contribution is 0.578. The Labute approximate surface area is 109 Å². The molecule has 3 heteroatoms. The molecule has 0 bridgehead atoms. The first-order valence-electron chi connectivity index (χ1n) is 6.54. The average Bonchev–Trinajstić information content (AvgIpc) is 2.37. The molecule has 2 nitrogen and oxygen atoms in total. The quantitative estimate of drug-likeness (QED) is 0.892. The van der Waals surface area contributed by atoms with Gasteiger partial charge in [0.05, 0.1) is 10.7 Å². The molecular formula is C14H21ClN2. The Kier molecular flexibility index (Phi) is 4.69. The van der Waals surface area contributed by atoms with Crippen molar-refractivity contribution >= 4 is 17.3 Å². The lowest BCUT2D eigenvalue weighted by atomic mass is 10.1. The maximum Gasteiger partial charge on any atom is 0.0642 e. The van der Waals surface area contributed by atoms with E-state index in [0.717, 1.165) is 37.5 Å². The van der Waals surface area contributed by atoms with Gasteiger partial charge in [-0.15, -0.1) is 0 Å². The molecule has 17 heavy (non-hydrogen) atoms. The summed E-state index contributed by atoms with van der Waals surface area (Å²) in [6.07, 6.45) is 5.97. The van der Waals surface area contributed by atoms with Crippen LogP contribution in [-0.2, 0) is 6.42 Å². The number of rotatable bonds is 4. The predicted octanol–water partition coefficient (Wildman–Crippen LogP) is 3.22. The highest BCUT2D eigenvalue weighted by Gasteiger charge is 2.13. The monoisotopic (exact) mass is 252 g/mol. The van der Waals surface area contributed by atoms with Crippen molar-refractivity contribution in [3.63, 3.8) is 0 Å². The molecule has 0 spiro atoms. The van der Waals surface area contributed by atoms with E-state index >= 15 is 0 Å². The van der Waals surface area contributed by atoms with Crippen LogP contribution in [0.5, 0.6) is 0 Å².